The van der Waals surface area contributed by atoms with E-state index in [1.165, 1.54) is 11.8 Å². The lowest BCUT2D eigenvalue weighted by atomic mass is 10.2. The van der Waals surface area contributed by atoms with Gasteiger partial charge in [-0.25, -0.2) is 0 Å². The Kier molecular flexibility index (Phi) is 6.35. The van der Waals surface area contributed by atoms with Crippen LogP contribution in [0.5, 0.6) is 0 Å². The van der Waals surface area contributed by atoms with Crippen LogP contribution in [0.1, 0.15) is 5.56 Å². The van der Waals surface area contributed by atoms with Crippen molar-refractivity contribution < 1.29 is 23.1 Å². The second-order valence-electron chi connectivity index (χ2n) is 4.21. The average Bonchev–Trinajstić information content (AvgIpc) is 2.35. The summed E-state index contributed by atoms with van der Waals surface area (Å²) < 4.78 is 37.0. The normalized spacial score (nSPS) is 11.4. The summed E-state index contributed by atoms with van der Waals surface area (Å²) in [6.45, 7) is -0.266. The van der Waals surface area contributed by atoms with E-state index in [2.05, 4.69) is 0 Å². The lowest BCUT2D eigenvalue weighted by molar-refractivity contribution is -0.160. The number of aryl methyl sites for hydroxylation is 1. The molecule has 0 aromatic heterocycles. The minimum absolute atomic E-state index is 0.0824. The standard InChI is InChI=1S/C13H16F3NO2S/c1-10-4-2-3-5-11(10)20-8-12(19)17(6-7-18)9-13(14,15)16/h2-5,18H,6-9H2,1H3. The van der Waals surface area contributed by atoms with Crippen molar-refractivity contribution in [1.82, 2.24) is 4.90 Å². The summed E-state index contributed by atoms with van der Waals surface area (Å²) in [4.78, 5) is 13.3. The van der Waals surface area contributed by atoms with Gasteiger partial charge in [-0.15, -0.1) is 11.8 Å². The molecule has 7 heteroatoms. The Bertz CT molecular complexity index is 451. The van der Waals surface area contributed by atoms with E-state index in [-0.39, 0.29) is 12.3 Å². The van der Waals surface area contributed by atoms with Crippen molar-refractivity contribution in [1.29, 1.82) is 0 Å². The maximum absolute atomic E-state index is 12.3. The van der Waals surface area contributed by atoms with Crippen LogP contribution in [0.2, 0.25) is 0 Å². The number of aliphatic hydroxyl groups is 1. The molecule has 0 fully saturated rings. The van der Waals surface area contributed by atoms with E-state index in [1.54, 1.807) is 6.07 Å². The van der Waals surface area contributed by atoms with Gasteiger partial charge >= 0.3 is 6.18 Å². The first-order valence-electron chi connectivity index (χ1n) is 5.97. The van der Waals surface area contributed by atoms with Gasteiger partial charge in [-0.1, -0.05) is 18.2 Å². The monoisotopic (exact) mass is 307 g/mol. The maximum Gasteiger partial charge on any atom is 0.406 e. The molecular weight excluding hydrogens is 291 g/mol. The summed E-state index contributed by atoms with van der Waals surface area (Å²) in [5, 5.41) is 8.74. The molecule has 0 bridgehead atoms. The van der Waals surface area contributed by atoms with Gasteiger partial charge in [-0.3, -0.25) is 4.79 Å². The van der Waals surface area contributed by atoms with Gasteiger partial charge in [0, 0.05) is 11.4 Å². The molecule has 0 atom stereocenters. The number of benzene rings is 1. The summed E-state index contributed by atoms with van der Waals surface area (Å²) in [5.41, 5.74) is 0.967. The number of hydrogen-bond acceptors (Lipinski definition) is 3. The highest BCUT2D eigenvalue weighted by Crippen LogP contribution is 2.23. The Hall–Kier alpha value is -1.21. The second kappa shape index (κ2) is 7.54. The van der Waals surface area contributed by atoms with E-state index in [1.807, 2.05) is 25.1 Å². The molecule has 20 heavy (non-hydrogen) atoms. The Morgan fingerprint density at radius 2 is 2.00 bits per heavy atom. The van der Waals surface area contributed by atoms with Crippen LogP contribution >= 0.6 is 11.8 Å². The van der Waals surface area contributed by atoms with Gasteiger partial charge in [0.05, 0.1) is 12.4 Å². The van der Waals surface area contributed by atoms with E-state index in [4.69, 9.17) is 5.11 Å². The van der Waals surface area contributed by atoms with Crippen LogP contribution in [-0.4, -0.2) is 47.5 Å². The van der Waals surface area contributed by atoms with E-state index in [0.29, 0.717) is 4.90 Å². The first-order valence-corrected chi connectivity index (χ1v) is 6.96. The highest BCUT2D eigenvalue weighted by molar-refractivity contribution is 8.00. The number of amides is 1. The van der Waals surface area contributed by atoms with Crippen LogP contribution in [0.15, 0.2) is 29.2 Å². The first-order chi connectivity index (χ1) is 9.33. The molecule has 0 aliphatic carbocycles. The maximum atomic E-state index is 12.3. The van der Waals surface area contributed by atoms with Crippen molar-refractivity contribution in [3.8, 4) is 0 Å². The highest BCUT2D eigenvalue weighted by atomic mass is 32.2. The number of carbonyl (C=O) groups excluding carboxylic acids is 1. The number of alkyl halides is 3. The molecule has 1 aromatic carbocycles. The molecule has 0 aliphatic rings. The fraction of sp³-hybridized carbons (Fsp3) is 0.462. The molecule has 0 saturated carbocycles. The first kappa shape index (κ1) is 16.8. The summed E-state index contributed by atoms with van der Waals surface area (Å²) in [7, 11) is 0. The largest absolute Gasteiger partial charge is 0.406 e. The van der Waals surface area contributed by atoms with Gasteiger partial charge in [0.1, 0.15) is 6.54 Å². The lowest BCUT2D eigenvalue weighted by Crippen LogP contribution is -2.41. The van der Waals surface area contributed by atoms with Gasteiger partial charge < -0.3 is 10.0 Å². The van der Waals surface area contributed by atoms with Crippen molar-refractivity contribution in [2.24, 2.45) is 0 Å². The Morgan fingerprint density at radius 3 is 2.55 bits per heavy atom. The zero-order valence-electron chi connectivity index (χ0n) is 11.0. The molecule has 0 unspecified atom stereocenters. The van der Waals surface area contributed by atoms with E-state index >= 15 is 0 Å². The molecule has 0 radical (unpaired) electrons. The molecular formula is C13H16F3NO2S. The van der Waals surface area contributed by atoms with Crippen molar-refractivity contribution in [3.05, 3.63) is 29.8 Å². The minimum Gasteiger partial charge on any atom is -0.395 e. The molecule has 0 spiro atoms. The number of aliphatic hydroxyl groups excluding tert-OH is 1. The van der Waals surface area contributed by atoms with Crippen molar-refractivity contribution in [2.75, 3.05) is 25.4 Å². The molecule has 112 valence electrons. The summed E-state index contributed by atoms with van der Waals surface area (Å²) in [6, 6.07) is 7.34. The summed E-state index contributed by atoms with van der Waals surface area (Å²) >= 11 is 1.20. The van der Waals surface area contributed by atoms with Crippen molar-refractivity contribution in [2.45, 2.75) is 18.0 Å². The Morgan fingerprint density at radius 1 is 1.35 bits per heavy atom. The van der Waals surface area contributed by atoms with E-state index < -0.39 is 25.2 Å². The average molecular weight is 307 g/mol. The van der Waals surface area contributed by atoms with Crippen molar-refractivity contribution >= 4 is 17.7 Å². The van der Waals surface area contributed by atoms with E-state index in [0.717, 1.165) is 10.5 Å². The number of thioether (sulfide) groups is 1. The van der Waals surface area contributed by atoms with Gasteiger partial charge in [0.15, 0.2) is 0 Å². The van der Waals surface area contributed by atoms with Gasteiger partial charge in [0.2, 0.25) is 5.91 Å². The molecule has 0 heterocycles. The molecule has 1 N–H and O–H groups in total. The molecule has 0 aliphatic heterocycles. The van der Waals surface area contributed by atoms with Crippen LogP contribution in [0, 0.1) is 6.92 Å². The third-order valence-electron chi connectivity index (χ3n) is 2.54. The predicted octanol–water partition coefficient (Wildman–Crippen LogP) is 2.47. The molecule has 3 nitrogen and oxygen atoms in total. The predicted molar refractivity (Wildman–Crippen MR) is 71.6 cm³/mol. The number of nitrogens with zero attached hydrogens (tertiary/aromatic N) is 1. The smallest absolute Gasteiger partial charge is 0.395 e. The topological polar surface area (TPSA) is 40.5 Å². The fourth-order valence-corrected chi connectivity index (χ4v) is 2.51. The lowest BCUT2D eigenvalue weighted by Gasteiger charge is -2.23. The number of carbonyl (C=O) groups is 1. The third-order valence-corrected chi connectivity index (χ3v) is 3.70. The highest BCUT2D eigenvalue weighted by Gasteiger charge is 2.32. The zero-order chi connectivity index (χ0) is 15.2. The van der Waals surface area contributed by atoms with Gasteiger partial charge in [-0.05, 0) is 18.6 Å². The Labute approximate surface area is 119 Å². The second-order valence-corrected chi connectivity index (χ2v) is 5.23. The van der Waals surface area contributed by atoms with E-state index in [9.17, 15) is 18.0 Å². The summed E-state index contributed by atoms with van der Waals surface area (Å²) in [5.74, 6) is -0.717. The molecule has 1 amide bonds. The third kappa shape index (κ3) is 5.83. The van der Waals surface area contributed by atoms with Crippen LogP contribution in [0.3, 0.4) is 0 Å². The quantitative estimate of drug-likeness (QED) is 0.821. The minimum atomic E-state index is -4.46. The van der Waals surface area contributed by atoms with Crippen LogP contribution < -0.4 is 0 Å². The molecule has 0 saturated heterocycles. The van der Waals surface area contributed by atoms with Gasteiger partial charge in [-0.2, -0.15) is 13.2 Å². The zero-order valence-corrected chi connectivity index (χ0v) is 11.8. The summed E-state index contributed by atoms with van der Waals surface area (Å²) in [6.07, 6.45) is -4.46. The van der Waals surface area contributed by atoms with Gasteiger partial charge in [0.25, 0.3) is 0 Å². The van der Waals surface area contributed by atoms with Crippen LogP contribution in [0.25, 0.3) is 0 Å². The van der Waals surface area contributed by atoms with Crippen molar-refractivity contribution in [3.63, 3.8) is 0 Å². The van der Waals surface area contributed by atoms with Crippen LogP contribution in [-0.2, 0) is 4.79 Å². The number of rotatable bonds is 6. The Balaban J connectivity index is 2.60. The SMILES string of the molecule is Cc1ccccc1SCC(=O)N(CCO)CC(F)(F)F. The number of halogens is 3. The van der Waals surface area contributed by atoms with Crippen LogP contribution in [0.4, 0.5) is 13.2 Å². The fourth-order valence-electron chi connectivity index (χ4n) is 1.58. The molecule has 1 rings (SSSR count). The molecule has 1 aromatic rings. The number of hydrogen-bond donors (Lipinski definition) is 1.